The summed E-state index contributed by atoms with van der Waals surface area (Å²) in [6.45, 7) is 1.63. The highest BCUT2D eigenvalue weighted by Gasteiger charge is 2.23. The molecular formula is C16H17FN2O3. The Hall–Kier alpha value is -2.37. The Labute approximate surface area is 127 Å². The van der Waals surface area contributed by atoms with Crippen LogP contribution in [-0.4, -0.2) is 17.2 Å². The number of benzene rings is 1. The number of ether oxygens (including phenoxy) is 1. The molecule has 1 heterocycles. The number of fused-ring (bicyclic) bond motifs is 1. The first kappa shape index (κ1) is 14.6. The second-order valence-electron chi connectivity index (χ2n) is 5.35. The molecule has 0 unspecified atom stereocenters. The van der Waals surface area contributed by atoms with Crippen molar-refractivity contribution in [2.24, 2.45) is 0 Å². The van der Waals surface area contributed by atoms with Gasteiger partial charge in [0.2, 0.25) is 5.88 Å². The van der Waals surface area contributed by atoms with Gasteiger partial charge in [0.25, 0.3) is 5.91 Å². The molecule has 2 aromatic rings. The number of halogens is 1. The SMILES string of the molecule is C[C@@H](Oc1ccc(F)cc1)C(=O)Nc1onc2c1CCCC2. The van der Waals surface area contributed by atoms with Gasteiger partial charge in [0.1, 0.15) is 11.6 Å². The predicted octanol–water partition coefficient (Wildman–Crippen LogP) is 3.10. The summed E-state index contributed by atoms with van der Waals surface area (Å²) in [5.41, 5.74) is 1.90. The lowest BCUT2D eigenvalue weighted by Crippen LogP contribution is -2.30. The number of aryl methyl sites for hydroxylation is 1. The molecule has 3 rings (SSSR count). The number of amides is 1. The minimum Gasteiger partial charge on any atom is -0.481 e. The maximum absolute atomic E-state index is 12.8. The van der Waals surface area contributed by atoms with Crippen LogP contribution in [0.2, 0.25) is 0 Å². The van der Waals surface area contributed by atoms with Crippen LogP contribution in [0.1, 0.15) is 31.0 Å². The molecular weight excluding hydrogens is 287 g/mol. The summed E-state index contributed by atoms with van der Waals surface area (Å²) in [5.74, 6) is 0.171. The van der Waals surface area contributed by atoms with E-state index < -0.39 is 6.10 Å². The fourth-order valence-corrected chi connectivity index (χ4v) is 2.47. The van der Waals surface area contributed by atoms with Gasteiger partial charge in [-0.05, 0) is 56.9 Å². The van der Waals surface area contributed by atoms with Crippen molar-refractivity contribution in [1.82, 2.24) is 5.16 Å². The first-order valence-electron chi connectivity index (χ1n) is 7.34. The van der Waals surface area contributed by atoms with Crippen molar-refractivity contribution in [2.75, 3.05) is 5.32 Å². The molecule has 1 N–H and O–H groups in total. The predicted molar refractivity (Wildman–Crippen MR) is 78.3 cm³/mol. The van der Waals surface area contributed by atoms with E-state index in [1.807, 2.05) is 0 Å². The lowest BCUT2D eigenvalue weighted by atomic mass is 9.98. The Bertz CT molecular complexity index is 667. The van der Waals surface area contributed by atoms with Crippen molar-refractivity contribution in [2.45, 2.75) is 38.7 Å². The largest absolute Gasteiger partial charge is 0.481 e. The minimum atomic E-state index is -0.727. The van der Waals surface area contributed by atoms with Gasteiger partial charge in [0, 0.05) is 5.56 Å². The van der Waals surface area contributed by atoms with Crippen LogP contribution < -0.4 is 10.1 Å². The second kappa shape index (κ2) is 6.17. The molecule has 5 nitrogen and oxygen atoms in total. The summed E-state index contributed by atoms with van der Waals surface area (Å²) >= 11 is 0. The smallest absolute Gasteiger partial charge is 0.267 e. The number of anilines is 1. The van der Waals surface area contributed by atoms with Crippen molar-refractivity contribution in [3.63, 3.8) is 0 Å². The molecule has 0 saturated carbocycles. The summed E-state index contributed by atoms with van der Waals surface area (Å²) in [5, 5.41) is 6.70. The van der Waals surface area contributed by atoms with Gasteiger partial charge in [0.05, 0.1) is 5.69 Å². The number of aromatic nitrogens is 1. The zero-order valence-electron chi connectivity index (χ0n) is 12.3. The fourth-order valence-electron chi connectivity index (χ4n) is 2.47. The van der Waals surface area contributed by atoms with Gasteiger partial charge in [-0.15, -0.1) is 0 Å². The molecule has 1 aliphatic rings. The van der Waals surface area contributed by atoms with E-state index in [2.05, 4.69) is 10.5 Å². The number of nitrogens with one attached hydrogen (secondary N) is 1. The van der Waals surface area contributed by atoms with Crippen LogP contribution in [0, 0.1) is 5.82 Å². The Kier molecular flexibility index (Phi) is 4.09. The van der Waals surface area contributed by atoms with Crippen molar-refractivity contribution in [1.29, 1.82) is 0 Å². The van der Waals surface area contributed by atoms with E-state index in [1.165, 1.54) is 24.3 Å². The van der Waals surface area contributed by atoms with Crippen LogP contribution in [0.25, 0.3) is 0 Å². The van der Waals surface area contributed by atoms with Gasteiger partial charge in [-0.1, -0.05) is 5.16 Å². The molecule has 1 amide bonds. The standard InChI is InChI=1S/C16H17FN2O3/c1-10(21-12-8-6-11(17)7-9-12)15(20)18-16-13-4-2-3-5-14(13)19-22-16/h6-10H,2-5H2,1H3,(H,18,20)/t10-/m1/s1. The summed E-state index contributed by atoms with van der Waals surface area (Å²) in [6.07, 6.45) is 3.18. The van der Waals surface area contributed by atoms with Crippen LogP contribution in [0.5, 0.6) is 5.75 Å². The van der Waals surface area contributed by atoms with Crippen LogP contribution in [-0.2, 0) is 17.6 Å². The summed E-state index contributed by atoms with van der Waals surface area (Å²) in [6, 6.07) is 5.53. The molecule has 22 heavy (non-hydrogen) atoms. The van der Waals surface area contributed by atoms with Crippen LogP contribution in [0.15, 0.2) is 28.8 Å². The molecule has 1 aromatic carbocycles. The molecule has 0 saturated heterocycles. The van der Waals surface area contributed by atoms with E-state index in [0.29, 0.717) is 11.6 Å². The fraction of sp³-hybridized carbons (Fsp3) is 0.375. The molecule has 0 radical (unpaired) electrons. The van der Waals surface area contributed by atoms with Gasteiger partial charge in [-0.3, -0.25) is 10.1 Å². The number of carbonyl (C=O) groups is 1. The zero-order chi connectivity index (χ0) is 15.5. The second-order valence-corrected chi connectivity index (χ2v) is 5.35. The average Bonchev–Trinajstić information content (AvgIpc) is 2.93. The van der Waals surface area contributed by atoms with E-state index in [1.54, 1.807) is 6.92 Å². The van der Waals surface area contributed by atoms with E-state index in [9.17, 15) is 9.18 Å². The van der Waals surface area contributed by atoms with Crippen LogP contribution >= 0.6 is 0 Å². The number of nitrogens with zero attached hydrogens (tertiary/aromatic N) is 1. The molecule has 0 fully saturated rings. The first-order valence-corrected chi connectivity index (χ1v) is 7.34. The number of carbonyl (C=O) groups excluding carboxylic acids is 1. The van der Waals surface area contributed by atoms with Crippen molar-refractivity contribution < 1.29 is 18.4 Å². The third-order valence-corrected chi connectivity index (χ3v) is 3.69. The third kappa shape index (κ3) is 3.10. The summed E-state index contributed by atoms with van der Waals surface area (Å²) < 4.78 is 23.5. The van der Waals surface area contributed by atoms with Crippen molar-refractivity contribution in [3.8, 4) is 5.75 Å². The molecule has 116 valence electrons. The van der Waals surface area contributed by atoms with E-state index in [4.69, 9.17) is 9.26 Å². The van der Waals surface area contributed by atoms with Gasteiger partial charge in [-0.2, -0.15) is 0 Å². The number of hydrogen-bond acceptors (Lipinski definition) is 4. The van der Waals surface area contributed by atoms with E-state index in [-0.39, 0.29) is 11.7 Å². The molecule has 0 bridgehead atoms. The molecule has 0 aliphatic heterocycles. The van der Waals surface area contributed by atoms with Crippen molar-refractivity contribution in [3.05, 3.63) is 41.3 Å². The first-order chi connectivity index (χ1) is 10.6. The average molecular weight is 304 g/mol. The van der Waals surface area contributed by atoms with Gasteiger partial charge < -0.3 is 9.26 Å². The zero-order valence-corrected chi connectivity index (χ0v) is 12.3. The monoisotopic (exact) mass is 304 g/mol. The molecule has 1 aromatic heterocycles. The van der Waals surface area contributed by atoms with E-state index in [0.717, 1.165) is 36.9 Å². The topological polar surface area (TPSA) is 64.4 Å². The maximum Gasteiger partial charge on any atom is 0.267 e. The Balaban J connectivity index is 1.64. The number of rotatable bonds is 4. The van der Waals surface area contributed by atoms with E-state index >= 15 is 0 Å². The highest BCUT2D eigenvalue weighted by atomic mass is 19.1. The van der Waals surface area contributed by atoms with Gasteiger partial charge in [0.15, 0.2) is 6.10 Å². The van der Waals surface area contributed by atoms with Gasteiger partial charge >= 0.3 is 0 Å². The van der Waals surface area contributed by atoms with Crippen molar-refractivity contribution >= 4 is 11.8 Å². The molecule has 0 spiro atoms. The van der Waals surface area contributed by atoms with Crippen LogP contribution in [0.3, 0.4) is 0 Å². The third-order valence-electron chi connectivity index (χ3n) is 3.69. The lowest BCUT2D eigenvalue weighted by Gasteiger charge is -2.14. The van der Waals surface area contributed by atoms with Gasteiger partial charge in [-0.25, -0.2) is 4.39 Å². The Morgan fingerprint density at radius 3 is 2.82 bits per heavy atom. The lowest BCUT2D eigenvalue weighted by molar-refractivity contribution is -0.122. The molecule has 1 aliphatic carbocycles. The molecule has 6 heteroatoms. The minimum absolute atomic E-state index is 0.325. The Morgan fingerprint density at radius 2 is 2.05 bits per heavy atom. The normalized spacial score (nSPS) is 15.0. The highest BCUT2D eigenvalue weighted by molar-refractivity contribution is 5.93. The quantitative estimate of drug-likeness (QED) is 0.942. The Morgan fingerprint density at radius 1 is 1.32 bits per heavy atom. The maximum atomic E-state index is 12.8. The summed E-state index contributed by atoms with van der Waals surface area (Å²) in [4.78, 5) is 12.2. The summed E-state index contributed by atoms with van der Waals surface area (Å²) in [7, 11) is 0. The van der Waals surface area contributed by atoms with Crippen LogP contribution in [0.4, 0.5) is 10.3 Å². The number of hydrogen-bond donors (Lipinski definition) is 1. The highest BCUT2D eigenvalue weighted by Crippen LogP contribution is 2.27. The molecule has 1 atom stereocenters.